The Hall–Kier alpha value is -2.87. The number of fused-ring (bicyclic) bond motifs is 4. The number of amides is 2. The molecule has 8 heteroatoms. The van der Waals surface area contributed by atoms with E-state index in [-0.39, 0.29) is 30.0 Å². The normalized spacial score (nSPS) is 31.3. The summed E-state index contributed by atoms with van der Waals surface area (Å²) in [7, 11) is 0. The van der Waals surface area contributed by atoms with Crippen LogP contribution in [-0.2, 0) is 9.59 Å². The number of para-hydroxylation sites is 1. The molecule has 6 nitrogen and oxygen atoms in total. The molecule has 0 spiro atoms. The largest absolute Gasteiger partial charge is 0.348 e. The number of aromatic nitrogens is 1. The zero-order valence-corrected chi connectivity index (χ0v) is 18.1. The monoisotopic (exact) mass is 452 g/mol. The number of rotatable bonds is 2. The van der Waals surface area contributed by atoms with Crippen LogP contribution in [0, 0.1) is 5.92 Å². The van der Waals surface area contributed by atoms with Gasteiger partial charge in [-0.2, -0.15) is 8.78 Å². The van der Waals surface area contributed by atoms with E-state index in [0.717, 1.165) is 36.6 Å². The molecule has 2 N–H and O–H groups in total. The second-order valence-corrected chi connectivity index (χ2v) is 9.59. The van der Waals surface area contributed by atoms with Gasteiger partial charge in [-0.3, -0.25) is 14.6 Å². The van der Waals surface area contributed by atoms with Crippen LogP contribution in [0.2, 0.25) is 0 Å². The highest BCUT2D eigenvalue weighted by Gasteiger charge is 2.52. The van der Waals surface area contributed by atoms with Gasteiger partial charge in [-0.25, -0.2) is 0 Å². The summed E-state index contributed by atoms with van der Waals surface area (Å²) in [4.78, 5) is 32.4. The first-order valence-corrected chi connectivity index (χ1v) is 11.8. The molecule has 2 fully saturated rings. The van der Waals surface area contributed by atoms with Crippen molar-refractivity contribution in [2.75, 3.05) is 6.54 Å². The Bertz CT molecular complexity index is 1160. The van der Waals surface area contributed by atoms with Gasteiger partial charge in [0.25, 0.3) is 5.91 Å². The maximum atomic E-state index is 14.1. The second kappa shape index (κ2) is 7.87. The third-order valence-electron chi connectivity index (χ3n) is 7.83. The quantitative estimate of drug-likeness (QED) is 0.686. The lowest BCUT2D eigenvalue weighted by Crippen LogP contribution is -2.51. The molecule has 2 aromatic rings. The number of pyridine rings is 1. The summed E-state index contributed by atoms with van der Waals surface area (Å²) in [5, 5.41) is 7.28. The topological polar surface area (TPSA) is 84.2 Å². The molecule has 1 aromatic carbocycles. The summed E-state index contributed by atoms with van der Waals surface area (Å²) in [5.41, 5.74) is 2.60. The zero-order valence-electron chi connectivity index (χ0n) is 18.1. The van der Waals surface area contributed by atoms with Crippen LogP contribution in [0.15, 0.2) is 47.7 Å². The maximum absolute atomic E-state index is 14.1. The number of nitrogens with one attached hydrogen (secondary N) is 2. The van der Waals surface area contributed by atoms with Crippen molar-refractivity contribution in [1.82, 2.24) is 20.5 Å². The fourth-order valence-corrected chi connectivity index (χ4v) is 6.35. The van der Waals surface area contributed by atoms with E-state index < -0.39 is 18.4 Å². The highest BCUT2D eigenvalue weighted by atomic mass is 19.3. The minimum Gasteiger partial charge on any atom is -0.348 e. The molecule has 1 saturated heterocycles. The number of nitrogens with zero attached hydrogens (tertiary/aromatic N) is 2. The molecule has 4 aliphatic rings. The molecule has 172 valence electrons. The van der Waals surface area contributed by atoms with Gasteiger partial charge in [-0.15, -0.1) is 0 Å². The van der Waals surface area contributed by atoms with Crippen molar-refractivity contribution in [3.63, 3.8) is 0 Å². The summed E-state index contributed by atoms with van der Waals surface area (Å²) < 4.78 is 28.2. The van der Waals surface area contributed by atoms with Gasteiger partial charge in [-0.05, 0) is 36.8 Å². The van der Waals surface area contributed by atoms with E-state index >= 15 is 0 Å². The van der Waals surface area contributed by atoms with Crippen LogP contribution < -0.4 is 10.6 Å². The summed E-state index contributed by atoms with van der Waals surface area (Å²) in [5.74, 6) is -1.35. The van der Waals surface area contributed by atoms with Crippen LogP contribution in [0.25, 0.3) is 10.9 Å². The van der Waals surface area contributed by atoms with E-state index in [1.165, 1.54) is 4.90 Å². The smallest absolute Gasteiger partial charge is 0.315 e. The van der Waals surface area contributed by atoms with E-state index in [1.807, 2.05) is 30.3 Å². The van der Waals surface area contributed by atoms with Crippen molar-refractivity contribution in [2.24, 2.45) is 5.92 Å². The molecule has 3 aliphatic heterocycles. The summed E-state index contributed by atoms with van der Waals surface area (Å²) in [6.45, 7) is 0.378. The highest BCUT2D eigenvalue weighted by Crippen LogP contribution is 2.47. The number of halogens is 2. The van der Waals surface area contributed by atoms with Crippen molar-refractivity contribution in [3.8, 4) is 0 Å². The molecule has 5 atom stereocenters. The summed E-state index contributed by atoms with van der Waals surface area (Å²) in [6, 6.07) is 8.35. The van der Waals surface area contributed by atoms with Gasteiger partial charge in [0.2, 0.25) is 5.91 Å². The first-order valence-electron chi connectivity index (χ1n) is 11.8. The van der Waals surface area contributed by atoms with Crippen molar-refractivity contribution < 1.29 is 18.4 Å². The predicted octanol–water partition coefficient (Wildman–Crippen LogP) is 3.10. The molecule has 0 radical (unpaired) electrons. The van der Waals surface area contributed by atoms with Crippen LogP contribution in [-0.4, -0.2) is 52.8 Å². The van der Waals surface area contributed by atoms with Gasteiger partial charge in [0.15, 0.2) is 0 Å². The number of hydrogen-bond acceptors (Lipinski definition) is 4. The van der Waals surface area contributed by atoms with Crippen molar-refractivity contribution in [2.45, 2.75) is 62.7 Å². The Morgan fingerprint density at radius 3 is 2.82 bits per heavy atom. The number of hydrogen-bond donors (Lipinski definition) is 2. The number of benzene rings is 1. The van der Waals surface area contributed by atoms with Crippen molar-refractivity contribution >= 4 is 22.7 Å². The first-order chi connectivity index (χ1) is 16.0. The van der Waals surface area contributed by atoms with Gasteiger partial charge >= 0.3 is 6.43 Å². The summed E-state index contributed by atoms with van der Waals surface area (Å²) in [6.07, 6.45) is 2.83. The van der Waals surface area contributed by atoms with Crippen LogP contribution in [0.3, 0.4) is 0 Å². The fourth-order valence-electron chi connectivity index (χ4n) is 6.35. The first kappa shape index (κ1) is 20.7. The molecule has 4 heterocycles. The number of alkyl halides is 2. The van der Waals surface area contributed by atoms with Gasteiger partial charge in [0, 0.05) is 47.4 Å². The minimum absolute atomic E-state index is 0.0496. The predicted molar refractivity (Wildman–Crippen MR) is 118 cm³/mol. The minimum atomic E-state index is -3.14. The van der Waals surface area contributed by atoms with Crippen LogP contribution >= 0.6 is 0 Å². The lowest BCUT2D eigenvalue weighted by atomic mass is 9.79. The Balaban J connectivity index is 1.63. The standard InChI is InChI=1S/C25H26F2N4O2/c26-23(27)25(33)31-18-9-2-1-5-14(18)11-17-21(30-17)16-12-29-24(32)19(16)22(31)15-8-3-6-13-7-4-10-28-20(13)15/h3-4,6-8,10,14,17-18,21-23,30H,1-2,5,9,11-12H2,(H,29,32)/t14?,17?,18-,21?,22-/m1/s1. The van der Waals surface area contributed by atoms with Gasteiger partial charge in [0.1, 0.15) is 0 Å². The molecule has 1 aromatic heterocycles. The SMILES string of the molecule is O=C1NCC2=C1[C@@H](c1cccc3cccnc13)N(C(=O)C(F)F)[C@@H]1CCCCC1CC1NC21. The van der Waals surface area contributed by atoms with E-state index in [0.29, 0.717) is 29.6 Å². The lowest BCUT2D eigenvalue weighted by Gasteiger charge is -2.44. The third kappa shape index (κ3) is 3.34. The maximum Gasteiger partial charge on any atom is 0.315 e. The number of carbonyl (C=O) groups is 2. The van der Waals surface area contributed by atoms with E-state index in [2.05, 4.69) is 15.6 Å². The summed E-state index contributed by atoms with van der Waals surface area (Å²) >= 11 is 0. The van der Waals surface area contributed by atoms with Crippen LogP contribution in [0.5, 0.6) is 0 Å². The molecule has 6 rings (SSSR count). The molecule has 0 bridgehead atoms. The number of carbonyl (C=O) groups excluding carboxylic acids is 2. The highest BCUT2D eigenvalue weighted by molar-refractivity contribution is 6.01. The van der Waals surface area contributed by atoms with E-state index in [4.69, 9.17) is 0 Å². The van der Waals surface area contributed by atoms with Crippen LogP contribution in [0.4, 0.5) is 8.78 Å². The molecular weight excluding hydrogens is 426 g/mol. The van der Waals surface area contributed by atoms with Crippen molar-refractivity contribution in [3.05, 3.63) is 53.2 Å². The second-order valence-electron chi connectivity index (χ2n) is 9.59. The van der Waals surface area contributed by atoms with Gasteiger partial charge < -0.3 is 15.5 Å². The lowest BCUT2D eigenvalue weighted by molar-refractivity contribution is -0.150. The average Bonchev–Trinajstić information content (AvgIpc) is 3.47. The van der Waals surface area contributed by atoms with E-state index in [9.17, 15) is 18.4 Å². The Morgan fingerprint density at radius 2 is 1.97 bits per heavy atom. The molecule has 2 amide bonds. The molecule has 1 aliphatic carbocycles. The molecule has 1 saturated carbocycles. The average molecular weight is 453 g/mol. The zero-order chi connectivity index (χ0) is 22.7. The van der Waals surface area contributed by atoms with E-state index in [1.54, 1.807) is 6.20 Å². The Labute approximate surface area is 190 Å². The van der Waals surface area contributed by atoms with Gasteiger partial charge in [0.05, 0.1) is 11.6 Å². The van der Waals surface area contributed by atoms with Crippen LogP contribution in [0.1, 0.15) is 43.7 Å². The third-order valence-corrected chi connectivity index (χ3v) is 7.83. The Kier molecular flexibility index (Phi) is 4.94. The fraction of sp³-hybridized carbons (Fsp3) is 0.480. The van der Waals surface area contributed by atoms with Crippen molar-refractivity contribution in [1.29, 1.82) is 0 Å². The molecular formula is C25H26F2N4O2. The molecule has 3 unspecified atom stereocenters. The Morgan fingerprint density at radius 1 is 1.15 bits per heavy atom. The molecule has 33 heavy (non-hydrogen) atoms. The van der Waals surface area contributed by atoms with Gasteiger partial charge in [-0.1, -0.05) is 37.1 Å².